The molecule has 0 aliphatic carbocycles. The molecule has 5 nitrogen and oxygen atoms in total. The fourth-order valence-corrected chi connectivity index (χ4v) is 2.66. The highest BCUT2D eigenvalue weighted by Crippen LogP contribution is 2.31. The van der Waals surface area contributed by atoms with E-state index >= 15 is 0 Å². The predicted octanol–water partition coefficient (Wildman–Crippen LogP) is 3.83. The van der Waals surface area contributed by atoms with Gasteiger partial charge in [-0.2, -0.15) is 0 Å². The van der Waals surface area contributed by atoms with E-state index < -0.39 is 6.09 Å². The third-order valence-electron chi connectivity index (χ3n) is 3.90. The first-order valence-electron chi connectivity index (χ1n) is 7.62. The van der Waals surface area contributed by atoms with Gasteiger partial charge in [0.25, 0.3) is 0 Å². The molecule has 124 valence electrons. The van der Waals surface area contributed by atoms with Crippen LogP contribution in [0.4, 0.5) is 4.79 Å². The topological polar surface area (TPSA) is 48.0 Å². The fourth-order valence-electron chi connectivity index (χ4n) is 2.66. The maximum atomic E-state index is 12.3. The van der Waals surface area contributed by atoms with Gasteiger partial charge in [-0.15, -0.1) is 0 Å². The largest absolute Gasteiger partial charge is 0.493 e. The van der Waals surface area contributed by atoms with Crippen LogP contribution in [0.3, 0.4) is 0 Å². The molecule has 0 N–H and O–H groups in total. The van der Waals surface area contributed by atoms with Crippen LogP contribution in [0.1, 0.15) is 16.7 Å². The minimum absolute atomic E-state index is 0.116. The number of hydrogen-bond acceptors (Lipinski definition) is 4. The Morgan fingerprint density at radius 3 is 2.71 bits per heavy atom. The number of methoxy groups -OCH3 is 2. The van der Waals surface area contributed by atoms with Crippen LogP contribution in [0.2, 0.25) is 0 Å². The maximum absolute atomic E-state index is 12.3. The zero-order valence-corrected chi connectivity index (χ0v) is 13.7. The monoisotopic (exact) mass is 325 g/mol. The molecule has 0 saturated carbocycles. The molecule has 0 spiro atoms. The maximum Gasteiger partial charge on any atom is 0.414 e. The van der Waals surface area contributed by atoms with Gasteiger partial charge in [-0.25, -0.2) is 4.79 Å². The molecule has 0 saturated heterocycles. The van der Waals surface area contributed by atoms with Crippen molar-refractivity contribution in [3.63, 3.8) is 0 Å². The van der Waals surface area contributed by atoms with Gasteiger partial charge in [-0.1, -0.05) is 36.4 Å². The van der Waals surface area contributed by atoms with Crippen molar-refractivity contribution in [1.82, 2.24) is 4.90 Å². The van der Waals surface area contributed by atoms with Crippen LogP contribution in [0, 0.1) is 0 Å². The summed E-state index contributed by atoms with van der Waals surface area (Å²) in [7, 11) is 3.14. The highest BCUT2D eigenvalue weighted by atomic mass is 16.6. The van der Waals surface area contributed by atoms with E-state index in [1.54, 1.807) is 31.4 Å². The predicted molar refractivity (Wildman–Crippen MR) is 90.8 cm³/mol. The number of carbonyl (C=O) groups excluding carboxylic acids is 1. The van der Waals surface area contributed by atoms with Gasteiger partial charge >= 0.3 is 6.09 Å². The van der Waals surface area contributed by atoms with Crippen molar-refractivity contribution in [2.45, 2.75) is 13.2 Å². The number of para-hydroxylation sites is 1. The summed E-state index contributed by atoms with van der Waals surface area (Å²) in [6.45, 7) is 0.617. The SMILES string of the molecule is COc1cccc(COC(=O)N2C=Cc3ccccc3C2)c1OC. The van der Waals surface area contributed by atoms with Gasteiger partial charge in [-0.3, -0.25) is 4.90 Å². The van der Waals surface area contributed by atoms with Crippen molar-refractivity contribution in [1.29, 1.82) is 0 Å². The molecule has 5 heteroatoms. The summed E-state index contributed by atoms with van der Waals surface area (Å²) in [6, 6.07) is 13.4. The number of nitrogens with zero attached hydrogens (tertiary/aromatic N) is 1. The summed E-state index contributed by atoms with van der Waals surface area (Å²) >= 11 is 0. The van der Waals surface area contributed by atoms with E-state index in [0.29, 0.717) is 18.0 Å². The zero-order valence-electron chi connectivity index (χ0n) is 13.7. The Morgan fingerprint density at radius 1 is 1.08 bits per heavy atom. The molecular weight excluding hydrogens is 306 g/mol. The Balaban J connectivity index is 1.67. The molecule has 1 aliphatic heterocycles. The molecule has 24 heavy (non-hydrogen) atoms. The lowest BCUT2D eigenvalue weighted by molar-refractivity contribution is 0.108. The Hall–Kier alpha value is -2.95. The van der Waals surface area contributed by atoms with Crippen LogP contribution < -0.4 is 9.47 Å². The Labute approximate surface area is 141 Å². The molecule has 2 aromatic rings. The summed E-state index contributed by atoms with van der Waals surface area (Å²) in [5.74, 6) is 1.19. The van der Waals surface area contributed by atoms with Gasteiger partial charge in [0.15, 0.2) is 11.5 Å². The van der Waals surface area contributed by atoms with E-state index in [9.17, 15) is 4.79 Å². The van der Waals surface area contributed by atoms with Crippen LogP contribution in [0.15, 0.2) is 48.7 Å². The average molecular weight is 325 g/mol. The standard InChI is InChI=1S/C19H19NO4/c1-22-17-9-5-8-16(18(17)23-2)13-24-19(21)20-11-10-14-6-3-4-7-15(14)12-20/h3-11H,12-13H2,1-2H3. The number of benzene rings is 2. The lowest BCUT2D eigenvalue weighted by atomic mass is 10.1. The highest BCUT2D eigenvalue weighted by molar-refractivity contribution is 5.72. The third-order valence-corrected chi connectivity index (χ3v) is 3.90. The van der Waals surface area contributed by atoms with Gasteiger partial charge < -0.3 is 14.2 Å². The number of amides is 1. The molecule has 0 fully saturated rings. The summed E-state index contributed by atoms with van der Waals surface area (Å²) < 4.78 is 16.0. The van der Waals surface area contributed by atoms with E-state index in [1.807, 2.05) is 42.5 Å². The lowest BCUT2D eigenvalue weighted by Gasteiger charge is -2.23. The van der Waals surface area contributed by atoms with Gasteiger partial charge in [0.2, 0.25) is 0 Å². The van der Waals surface area contributed by atoms with Crippen molar-refractivity contribution >= 4 is 12.2 Å². The number of rotatable bonds is 4. The number of carbonyl (C=O) groups is 1. The molecule has 3 rings (SSSR count). The summed E-state index contributed by atoms with van der Waals surface area (Å²) in [4.78, 5) is 13.9. The Kier molecular flexibility index (Phi) is 4.70. The quantitative estimate of drug-likeness (QED) is 0.857. The van der Waals surface area contributed by atoms with E-state index in [4.69, 9.17) is 14.2 Å². The number of fused-ring (bicyclic) bond motifs is 1. The minimum Gasteiger partial charge on any atom is -0.493 e. The molecule has 0 radical (unpaired) electrons. The smallest absolute Gasteiger partial charge is 0.414 e. The van der Waals surface area contributed by atoms with Gasteiger partial charge in [-0.05, 0) is 23.3 Å². The molecule has 0 atom stereocenters. The second kappa shape index (κ2) is 7.08. The first-order chi connectivity index (χ1) is 11.7. The first kappa shape index (κ1) is 15.9. The van der Waals surface area contributed by atoms with Crippen LogP contribution in [-0.4, -0.2) is 25.2 Å². The summed E-state index contributed by atoms with van der Waals surface area (Å²) in [6.07, 6.45) is 3.25. The molecule has 1 heterocycles. The zero-order chi connectivity index (χ0) is 16.9. The minimum atomic E-state index is -0.398. The van der Waals surface area contributed by atoms with Crippen LogP contribution >= 0.6 is 0 Å². The number of ether oxygens (including phenoxy) is 3. The van der Waals surface area contributed by atoms with Crippen molar-refractivity contribution in [2.24, 2.45) is 0 Å². The molecular formula is C19H19NO4. The average Bonchev–Trinajstić information content (AvgIpc) is 2.65. The second-order valence-corrected chi connectivity index (χ2v) is 5.35. The van der Waals surface area contributed by atoms with E-state index in [0.717, 1.165) is 16.7 Å². The van der Waals surface area contributed by atoms with Crippen molar-refractivity contribution in [3.05, 3.63) is 65.4 Å². The Morgan fingerprint density at radius 2 is 1.92 bits per heavy atom. The van der Waals surface area contributed by atoms with Crippen molar-refractivity contribution < 1.29 is 19.0 Å². The van der Waals surface area contributed by atoms with Crippen LogP contribution in [0.25, 0.3) is 6.08 Å². The van der Waals surface area contributed by atoms with E-state index in [-0.39, 0.29) is 6.61 Å². The normalized spacial score (nSPS) is 12.5. The van der Waals surface area contributed by atoms with Crippen LogP contribution in [-0.2, 0) is 17.9 Å². The molecule has 0 aromatic heterocycles. The molecule has 0 unspecified atom stereocenters. The van der Waals surface area contributed by atoms with Gasteiger partial charge in [0, 0.05) is 11.8 Å². The first-order valence-corrected chi connectivity index (χ1v) is 7.62. The van der Waals surface area contributed by atoms with Crippen molar-refractivity contribution in [2.75, 3.05) is 14.2 Å². The van der Waals surface area contributed by atoms with Crippen molar-refractivity contribution in [3.8, 4) is 11.5 Å². The molecule has 2 aromatic carbocycles. The van der Waals surface area contributed by atoms with E-state index in [2.05, 4.69) is 0 Å². The lowest BCUT2D eigenvalue weighted by Crippen LogP contribution is -2.28. The molecule has 1 aliphatic rings. The fraction of sp³-hybridized carbons (Fsp3) is 0.211. The number of hydrogen-bond donors (Lipinski definition) is 0. The molecule has 0 bridgehead atoms. The van der Waals surface area contributed by atoms with E-state index in [1.165, 1.54) is 0 Å². The second-order valence-electron chi connectivity index (χ2n) is 5.35. The van der Waals surface area contributed by atoms with Crippen LogP contribution in [0.5, 0.6) is 11.5 Å². The summed E-state index contributed by atoms with van der Waals surface area (Å²) in [5.41, 5.74) is 2.97. The molecule has 1 amide bonds. The van der Waals surface area contributed by atoms with Gasteiger partial charge in [0.1, 0.15) is 6.61 Å². The third kappa shape index (κ3) is 3.20. The summed E-state index contributed by atoms with van der Waals surface area (Å²) in [5, 5.41) is 0. The highest BCUT2D eigenvalue weighted by Gasteiger charge is 2.19. The Bertz CT molecular complexity index is 770. The van der Waals surface area contributed by atoms with Gasteiger partial charge in [0.05, 0.1) is 20.8 Å².